The van der Waals surface area contributed by atoms with Crippen LogP contribution in [0.3, 0.4) is 0 Å². The van der Waals surface area contributed by atoms with Gasteiger partial charge >= 0.3 is 11.7 Å². The van der Waals surface area contributed by atoms with Gasteiger partial charge < -0.3 is 15.2 Å². The molecule has 0 aliphatic carbocycles. The Morgan fingerprint density at radius 2 is 1.95 bits per heavy atom. The highest BCUT2D eigenvalue weighted by molar-refractivity contribution is 5.88. The lowest BCUT2D eigenvalue weighted by Gasteiger charge is -2.32. The van der Waals surface area contributed by atoms with E-state index in [0.29, 0.717) is 17.6 Å². The lowest BCUT2D eigenvalue weighted by Crippen LogP contribution is -2.47. The fraction of sp³-hybridized carbons (Fsp3) is 0.467. The molecule has 22 heavy (non-hydrogen) atoms. The van der Waals surface area contributed by atoms with E-state index in [2.05, 4.69) is 27.1 Å². The SMILES string of the molecule is CN1CCN(CCNC(=O)n2c(=O)[nH]c3ccccc32)CC1. The Morgan fingerprint density at radius 3 is 2.73 bits per heavy atom. The summed E-state index contributed by atoms with van der Waals surface area (Å²) in [7, 11) is 2.11. The second kappa shape index (κ2) is 6.33. The zero-order valence-corrected chi connectivity index (χ0v) is 12.7. The lowest BCUT2D eigenvalue weighted by atomic mass is 10.3. The van der Waals surface area contributed by atoms with Gasteiger partial charge in [0.05, 0.1) is 11.0 Å². The van der Waals surface area contributed by atoms with E-state index < -0.39 is 5.69 Å². The van der Waals surface area contributed by atoms with Crippen molar-refractivity contribution in [2.75, 3.05) is 46.3 Å². The molecular formula is C15H21N5O2. The number of hydrogen-bond acceptors (Lipinski definition) is 4. The van der Waals surface area contributed by atoms with Crippen LogP contribution in [0, 0.1) is 0 Å². The number of carbonyl (C=O) groups excluding carboxylic acids is 1. The molecule has 3 rings (SSSR count). The summed E-state index contributed by atoms with van der Waals surface area (Å²) in [6.45, 7) is 5.47. The molecule has 2 N–H and O–H groups in total. The molecule has 1 fully saturated rings. The zero-order chi connectivity index (χ0) is 15.5. The molecule has 0 unspecified atom stereocenters. The van der Waals surface area contributed by atoms with Gasteiger partial charge in [0.1, 0.15) is 0 Å². The Bertz CT molecular complexity index is 712. The van der Waals surface area contributed by atoms with Crippen molar-refractivity contribution in [3.8, 4) is 0 Å². The van der Waals surface area contributed by atoms with E-state index in [1.807, 2.05) is 12.1 Å². The number of para-hydroxylation sites is 2. The number of aromatic amines is 1. The third kappa shape index (κ3) is 3.05. The van der Waals surface area contributed by atoms with Gasteiger partial charge in [-0.05, 0) is 19.2 Å². The molecule has 7 nitrogen and oxygen atoms in total. The van der Waals surface area contributed by atoms with Crippen molar-refractivity contribution in [2.45, 2.75) is 0 Å². The molecule has 2 aromatic rings. The van der Waals surface area contributed by atoms with Crippen LogP contribution in [0.15, 0.2) is 29.1 Å². The summed E-state index contributed by atoms with van der Waals surface area (Å²) in [5.74, 6) is 0. The first kappa shape index (κ1) is 14.8. The van der Waals surface area contributed by atoms with Gasteiger partial charge in [-0.2, -0.15) is 0 Å². The van der Waals surface area contributed by atoms with E-state index in [-0.39, 0.29) is 6.03 Å². The Kier molecular flexibility index (Phi) is 4.26. The van der Waals surface area contributed by atoms with E-state index in [1.165, 1.54) is 0 Å². The van der Waals surface area contributed by atoms with Crippen molar-refractivity contribution in [3.05, 3.63) is 34.7 Å². The van der Waals surface area contributed by atoms with Crippen LogP contribution >= 0.6 is 0 Å². The van der Waals surface area contributed by atoms with E-state index in [0.717, 1.165) is 37.3 Å². The lowest BCUT2D eigenvalue weighted by molar-refractivity contribution is 0.155. The third-order valence-corrected chi connectivity index (χ3v) is 4.09. The van der Waals surface area contributed by atoms with E-state index in [9.17, 15) is 9.59 Å². The number of imidazole rings is 1. The molecule has 0 saturated carbocycles. The first-order chi connectivity index (χ1) is 10.6. The van der Waals surface area contributed by atoms with Crippen molar-refractivity contribution in [1.82, 2.24) is 24.7 Å². The molecule has 0 bridgehead atoms. The van der Waals surface area contributed by atoms with Gasteiger partial charge in [0.15, 0.2) is 0 Å². The Balaban J connectivity index is 1.60. The number of rotatable bonds is 3. The van der Waals surface area contributed by atoms with Gasteiger partial charge in [-0.25, -0.2) is 14.2 Å². The largest absolute Gasteiger partial charge is 0.336 e. The molecule has 1 aromatic heterocycles. The predicted molar refractivity (Wildman–Crippen MR) is 85.3 cm³/mol. The highest BCUT2D eigenvalue weighted by Gasteiger charge is 2.15. The number of fused-ring (bicyclic) bond motifs is 1. The highest BCUT2D eigenvalue weighted by atomic mass is 16.2. The van der Waals surface area contributed by atoms with Gasteiger partial charge in [-0.1, -0.05) is 12.1 Å². The van der Waals surface area contributed by atoms with Crippen LogP contribution in [0.5, 0.6) is 0 Å². The predicted octanol–water partition coefficient (Wildman–Crippen LogP) is 0.135. The molecule has 118 valence electrons. The number of amides is 1. The summed E-state index contributed by atoms with van der Waals surface area (Å²) < 4.78 is 1.15. The molecule has 1 amide bonds. The summed E-state index contributed by atoms with van der Waals surface area (Å²) in [5, 5.41) is 2.83. The number of piperazine rings is 1. The smallest absolute Gasteiger partial charge is 0.334 e. The van der Waals surface area contributed by atoms with Crippen molar-refractivity contribution in [1.29, 1.82) is 0 Å². The molecule has 0 radical (unpaired) electrons. The van der Waals surface area contributed by atoms with Crippen LogP contribution in [0.25, 0.3) is 11.0 Å². The zero-order valence-electron chi connectivity index (χ0n) is 12.7. The summed E-state index contributed by atoms with van der Waals surface area (Å²) >= 11 is 0. The van der Waals surface area contributed by atoms with Gasteiger partial charge in [-0.3, -0.25) is 4.90 Å². The molecule has 1 aromatic carbocycles. The summed E-state index contributed by atoms with van der Waals surface area (Å²) in [6.07, 6.45) is 0. The fourth-order valence-electron chi connectivity index (χ4n) is 2.73. The molecular weight excluding hydrogens is 282 g/mol. The molecule has 7 heteroatoms. The number of nitrogens with zero attached hydrogens (tertiary/aromatic N) is 3. The molecule has 1 aliphatic rings. The maximum atomic E-state index is 12.2. The Hall–Kier alpha value is -2.12. The molecule has 1 saturated heterocycles. The van der Waals surface area contributed by atoms with Crippen LogP contribution in [-0.2, 0) is 0 Å². The van der Waals surface area contributed by atoms with E-state index in [4.69, 9.17) is 0 Å². The highest BCUT2D eigenvalue weighted by Crippen LogP contribution is 2.08. The third-order valence-electron chi connectivity index (χ3n) is 4.09. The number of aromatic nitrogens is 2. The number of carbonyl (C=O) groups is 1. The number of benzene rings is 1. The van der Waals surface area contributed by atoms with Crippen molar-refractivity contribution >= 4 is 17.1 Å². The minimum absolute atomic E-state index is 0.378. The standard InChI is InChI=1S/C15H21N5O2/c1-18-8-10-19(11-9-18)7-6-16-14(21)20-13-5-3-2-4-12(13)17-15(20)22/h2-5H,6-11H2,1H3,(H,16,21)(H,17,22). The number of nitrogens with one attached hydrogen (secondary N) is 2. The first-order valence-electron chi connectivity index (χ1n) is 7.54. The molecule has 0 spiro atoms. The normalized spacial score (nSPS) is 17.0. The summed E-state index contributed by atoms with van der Waals surface area (Å²) in [4.78, 5) is 31.4. The molecule has 1 aliphatic heterocycles. The van der Waals surface area contributed by atoms with Crippen LogP contribution in [0.4, 0.5) is 4.79 Å². The quantitative estimate of drug-likeness (QED) is 0.846. The van der Waals surface area contributed by atoms with Crippen LogP contribution in [0.2, 0.25) is 0 Å². The Morgan fingerprint density at radius 1 is 1.23 bits per heavy atom. The average Bonchev–Trinajstić information content (AvgIpc) is 2.85. The second-order valence-corrected chi connectivity index (χ2v) is 5.66. The number of H-pyrrole nitrogens is 1. The van der Waals surface area contributed by atoms with Gasteiger partial charge in [0.25, 0.3) is 0 Å². The fourth-order valence-corrected chi connectivity index (χ4v) is 2.73. The van der Waals surface area contributed by atoms with Gasteiger partial charge in [0.2, 0.25) is 0 Å². The molecule has 2 heterocycles. The Labute approximate surface area is 128 Å². The maximum absolute atomic E-state index is 12.2. The maximum Gasteiger partial charge on any atom is 0.334 e. The van der Waals surface area contributed by atoms with E-state index in [1.54, 1.807) is 12.1 Å². The molecule has 0 atom stereocenters. The van der Waals surface area contributed by atoms with Crippen molar-refractivity contribution < 1.29 is 4.79 Å². The van der Waals surface area contributed by atoms with Crippen molar-refractivity contribution in [3.63, 3.8) is 0 Å². The van der Waals surface area contributed by atoms with Gasteiger partial charge in [-0.15, -0.1) is 0 Å². The minimum Gasteiger partial charge on any atom is -0.336 e. The average molecular weight is 303 g/mol. The monoisotopic (exact) mass is 303 g/mol. The minimum atomic E-state index is -0.404. The van der Waals surface area contributed by atoms with Crippen LogP contribution < -0.4 is 11.0 Å². The van der Waals surface area contributed by atoms with Crippen molar-refractivity contribution in [2.24, 2.45) is 0 Å². The van der Waals surface area contributed by atoms with Crippen LogP contribution in [0.1, 0.15) is 0 Å². The summed E-state index contributed by atoms with van der Waals surface area (Å²) in [5.41, 5.74) is 0.865. The topological polar surface area (TPSA) is 73.4 Å². The second-order valence-electron chi connectivity index (χ2n) is 5.66. The summed E-state index contributed by atoms with van der Waals surface area (Å²) in [6, 6.07) is 6.80. The number of hydrogen-bond donors (Lipinski definition) is 2. The first-order valence-corrected chi connectivity index (χ1v) is 7.54. The van der Waals surface area contributed by atoms with Gasteiger partial charge in [0, 0.05) is 39.3 Å². The van der Waals surface area contributed by atoms with Crippen LogP contribution in [-0.4, -0.2) is 71.7 Å². The van der Waals surface area contributed by atoms with E-state index >= 15 is 0 Å². The number of likely N-dealkylation sites (N-methyl/N-ethyl adjacent to an activating group) is 1.